The average Bonchev–Trinajstić information content (AvgIpc) is 2.64. The van der Waals surface area contributed by atoms with E-state index in [0.717, 1.165) is 37.8 Å². The third-order valence-electron chi connectivity index (χ3n) is 5.76. The normalized spacial score (nSPS) is 20.4. The van der Waals surface area contributed by atoms with Crippen LogP contribution in [0, 0.1) is 12.3 Å². The lowest BCUT2D eigenvalue weighted by atomic mass is 9.71. The fourth-order valence-electron chi connectivity index (χ4n) is 4.12. The average molecular weight is 323 g/mol. The molecule has 4 heterocycles. The summed E-state index contributed by atoms with van der Waals surface area (Å²) in [5, 5.41) is 0. The maximum absolute atomic E-state index is 4.58. The van der Waals surface area contributed by atoms with E-state index in [4.69, 9.17) is 0 Å². The molecule has 0 N–H and O–H groups in total. The third kappa shape index (κ3) is 3.07. The Kier molecular flexibility index (Phi) is 4.08. The predicted molar refractivity (Wildman–Crippen MR) is 96.3 cm³/mol. The van der Waals surface area contributed by atoms with Gasteiger partial charge in [-0.15, -0.1) is 0 Å². The summed E-state index contributed by atoms with van der Waals surface area (Å²) in [6, 6.07) is 6.28. The van der Waals surface area contributed by atoms with E-state index < -0.39 is 0 Å². The van der Waals surface area contributed by atoms with Crippen LogP contribution in [0.2, 0.25) is 0 Å². The largest absolute Gasteiger partial charge is 0.371 e. The van der Waals surface area contributed by atoms with Crippen molar-refractivity contribution in [2.24, 2.45) is 5.41 Å². The Labute approximate surface area is 143 Å². The molecule has 0 bridgehead atoms. The fourth-order valence-corrected chi connectivity index (χ4v) is 4.12. The quantitative estimate of drug-likeness (QED) is 0.850. The van der Waals surface area contributed by atoms with Crippen LogP contribution in [0.25, 0.3) is 0 Å². The second-order valence-corrected chi connectivity index (χ2v) is 7.14. The van der Waals surface area contributed by atoms with Crippen LogP contribution >= 0.6 is 0 Å². The topological polar surface area (TPSA) is 45.2 Å². The monoisotopic (exact) mass is 323 g/mol. The highest BCUT2D eigenvalue weighted by Gasteiger charge is 2.37. The van der Waals surface area contributed by atoms with Crippen LogP contribution in [0.15, 0.2) is 36.8 Å². The summed E-state index contributed by atoms with van der Waals surface area (Å²) in [7, 11) is 0. The van der Waals surface area contributed by atoms with Crippen molar-refractivity contribution >= 4 is 11.5 Å². The van der Waals surface area contributed by atoms with Crippen molar-refractivity contribution in [3.8, 4) is 0 Å². The molecule has 5 nitrogen and oxygen atoms in total. The van der Waals surface area contributed by atoms with E-state index in [-0.39, 0.29) is 0 Å². The molecule has 2 aliphatic heterocycles. The summed E-state index contributed by atoms with van der Waals surface area (Å²) >= 11 is 0. The van der Waals surface area contributed by atoms with E-state index in [1.54, 1.807) is 0 Å². The van der Waals surface area contributed by atoms with Gasteiger partial charge in [-0.2, -0.15) is 0 Å². The lowest BCUT2D eigenvalue weighted by Crippen LogP contribution is -2.47. The van der Waals surface area contributed by atoms with Gasteiger partial charge in [0.1, 0.15) is 11.6 Å². The zero-order valence-corrected chi connectivity index (χ0v) is 14.4. The van der Waals surface area contributed by atoms with Crippen molar-refractivity contribution in [3.05, 3.63) is 42.6 Å². The number of hydrogen-bond acceptors (Lipinski definition) is 5. The number of anilines is 2. The van der Waals surface area contributed by atoms with Crippen molar-refractivity contribution in [2.45, 2.75) is 32.6 Å². The van der Waals surface area contributed by atoms with Crippen molar-refractivity contribution < 1.29 is 0 Å². The minimum Gasteiger partial charge on any atom is -0.371 e. The Hall–Kier alpha value is -2.17. The number of piperidine rings is 2. The van der Waals surface area contributed by atoms with E-state index in [0.29, 0.717) is 5.41 Å². The molecule has 24 heavy (non-hydrogen) atoms. The van der Waals surface area contributed by atoms with Crippen molar-refractivity contribution in [2.75, 3.05) is 36.0 Å². The smallest absolute Gasteiger partial charge is 0.132 e. The van der Waals surface area contributed by atoms with Crippen LogP contribution in [0.4, 0.5) is 11.5 Å². The number of nitrogens with zero attached hydrogens (tertiary/aromatic N) is 5. The summed E-state index contributed by atoms with van der Waals surface area (Å²) in [4.78, 5) is 17.8. The molecule has 0 aromatic carbocycles. The molecule has 0 atom stereocenters. The van der Waals surface area contributed by atoms with Crippen LogP contribution < -0.4 is 9.80 Å². The molecule has 1 spiro atoms. The van der Waals surface area contributed by atoms with E-state index in [2.05, 4.69) is 36.9 Å². The number of aromatic nitrogens is 3. The highest BCUT2D eigenvalue weighted by atomic mass is 15.2. The van der Waals surface area contributed by atoms with Gasteiger partial charge in [0.2, 0.25) is 0 Å². The minimum absolute atomic E-state index is 0.530. The number of rotatable bonds is 2. The van der Waals surface area contributed by atoms with Gasteiger partial charge in [-0.1, -0.05) is 0 Å². The molecule has 2 saturated heterocycles. The van der Waals surface area contributed by atoms with Gasteiger partial charge in [0.25, 0.3) is 0 Å². The first kappa shape index (κ1) is 15.4. The fraction of sp³-hybridized carbons (Fsp3) is 0.526. The Morgan fingerprint density at radius 1 is 0.833 bits per heavy atom. The lowest BCUT2D eigenvalue weighted by Gasteiger charge is -2.47. The second kappa shape index (κ2) is 6.38. The zero-order chi connectivity index (χ0) is 16.4. The van der Waals surface area contributed by atoms with Crippen molar-refractivity contribution in [1.82, 2.24) is 15.0 Å². The molecule has 0 saturated carbocycles. The molecular formula is C19H25N5. The summed E-state index contributed by atoms with van der Waals surface area (Å²) in [6.45, 7) is 6.52. The van der Waals surface area contributed by atoms with E-state index in [1.807, 2.05) is 31.6 Å². The third-order valence-corrected chi connectivity index (χ3v) is 5.76. The summed E-state index contributed by atoms with van der Waals surface area (Å²) in [6.07, 6.45) is 10.8. The highest BCUT2D eigenvalue weighted by molar-refractivity contribution is 5.45. The standard InChI is InChI=1S/C19H25N5/c1-16-21-11-4-18(22-16)24-14-7-19(8-15-24)5-12-23(13-6-19)17-2-9-20-10-3-17/h2-4,9-11H,5-8,12-15H2,1H3. The highest BCUT2D eigenvalue weighted by Crippen LogP contribution is 2.42. The summed E-state index contributed by atoms with van der Waals surface area (Å²) in [5.74, 6) is 1.95. The maximum atomic E-state index is 4.58. The van der Waals surface area contributed by atoms with Gasteiger partial charge >= 0.3 is 0 Å². The Balaban J connectivity index is 1.36. The Morgan fingerprint density at radius 2 is 1.46 bits per heavy atom. The zero-order valence-electron chi connectivity index (χ0n) is 14.4. The maximum Gasteiger partial charge on any atom is 0.132 e. The van der Waals surface area contributed by atoms with Crippen LogP contribution in [0.1, 0.15) is 31.5 Å². The molecule has 0 unspecified atom stereocenters. The van der Waals surface area contributed by atoms with Gasteiger partial charge in [-0.05, 0) is 56.2 Å². The predicted octanol–water partition coefficient (Wildman–Crippen LogP) is 3.07. The van der Waals surface area contributed by atoms with Gasteiger partial charge in [-0.3, -0.25) is 4.98 Å². The summed E-state index contributed by atoms with van der Waals surface area (Å²) < 4.78 is 0. The first-order chi connectivity index (χ1) is 11.7. The molecule has 4 rings (SSSR count). The molecule has 0 aliphatic carbocycles. The number of aryl methyl sites for hydroxylation is 1. The number of pyridine rings is 1. The van der Waals surface area contributed by atoms with Crippen LogP contribution in [0.5, 0.6) is 0 Å². The van der Waals surface area contributed by atoms with Gasteiger partial charge in [0.15, 0.2) is 0 Å². The van der Waals surface area contributed by atoms with Crippen LogP contribution in [0.3, 0.4) is 0 Å². The molecule has 5 heteroatoms. The van der Waals surface area contributed by atoms with Gasteiger partial charge < -0.3 is 9.80 Å². The molecule has 2 aromatic rings. The Morgan fingerprint density at radius 3 is 2.08 bits per heavy atom. The SMILES string of the molecule is Cc1nccc(N2CCC3(CCN(c4ccncc4)CC3)CC2)n1. The minimum atomic E-state index is 0.530. The first-order valence-corrected chi connectivity index (χ1v) is 8.94. The molecule has 0 amide bonds. The molecule has 2 fully saturated rings. The van der Waals surface area contributed by atoms with E-state index in [9.17, 15) is 0 Å². The molecule has 2 aliphatic rings. The first-order valence-electron chi connectivity index (χ1n) is 8.94. The van der Waals surface area contributed by atoms with Gasteiger partial charge in [0, 0.05) is 50.5 Å². The van der Waals surface area contributed by atoms with E-state index in [1.165, 1.54) is 31.4 Å². The lowest BCUT2D eigenvalue weighted by molar-refractivity contribution is 0.166. The van der Waals surface area contributed by atoms with E-state index >= 15 is 0 Å². The summed E-state index contributed by atoms with van der Waals surface area (Å²) in [5.41, 5.74) is 1.84. The molecular weight excluding hydrogens is 298 g/mol. The van der Waals surface area contributed by atoms with Crippen LogP contribution in [-0.2, 0) is 0 Å². The van der Waals surface area contributed by atoms with Crippen molar-refractivity contribution in [1.29, 1.82) is 0 Å². The Bertz CT molecular complexity index is 669. The van der Waals surface area contributed by atoms with Crippen LogP contribution in [-0.4, -0.2) is 41.1 Å². The van der Waals surface area contributed by atoms with Gasteiger partial charge in [0.05, 0.1) is 0 Å². The molecule has 126 valence electrons. The number of hydrogen-bond donors (Lipinski definition) is 0. The molecule has 2 aromatic heterocycles. The molecule has 0 radical (unpaired) electrons. The van der Waals surface area contributed by atoms with Crippen molar-refractivity contribution in [3.63, 3.8) is 0 Å². The van der Waals surface area contributed by atoms with Gasteiger partial charge in [-0.25, -0.2) is 9.97 Å². The second-order valence-electron chi connectivity index (χ2n) is 7.14.